The maximum atomic E-state index is 5.54. The highest BCUT2D eigenvalue weighted by Crippen LogP contribution is 2.21. The number of morpholine rings is 1. The van der Waals surface area contributed by atoms with Gasteiger partial charge in [0.25, 0.3) is 0 Å². The summed E-state index contributed by atoms with van der Waals surface area (Å²) in [5, 5.41) is 3.29. The average molecular weight is 276 g/mol. The van der Waals surface area contributed by atoms with Gasteiger partial charge in [-0.15, -0.1) is 0 Å². The highest BCUT2D eigenvalue weighted by Gasteiger charge is 2.21. The third-order valence-corrected chi connectivity index (χ3v) is 3.60. The van der Waals surface area contributed by atoms with Gasteiger partial charge in [0.1, 0.15) is 6.73 Å². The molecule has 20 heavy (non-hydrogen) atoms. The number of ether oxygens (including phenoxy) is 2. The van der Waals surface area contributed by atoms with Crippen molar-refractivity contribution in [3.05, 3.63) is 42.0 Å². The van der Waals surface area contributed by atoms with Gasteiger partial charge in [0, 0.05) is 29.5 Å². The minimum atomic E-state index is 0.372. The van der Waals surface area contributed by atoms with Gasteiger partial charge in [0.2, 0.25) is 0 Å². The minimum Gasteiger partial charge on any atom is -0.472 e. The lowest BCUT2D eigenvalue weighted by molar-refractivity contribution is 0.0180. The van der Waals surface area contributed by atoms with E-state index in [1.165, 1.54) is 5.70 Å². The number of hydrogen-bond acceptors (Lipinski definition) is 5. The monoisotopic (exact) mass is 276 g/mol. The summed E-state index contributed by atoms with van der Waals surface area (Å²) in [4.78, 5) is 2.36. The fourth-order valence-corrected chi connectivity index (χ4v) is 2.50. The molecule has 1 aromatic rings. The van der Waals surface area contributed by atoms with Crippen LogP contribution in [0.15, 0.2) is 40.9 Å². The lowest BCUT2D eigenvalue weighted by Gasteiger charge is -2.36. The Hall–Kier alpha value is -1.72. The zero-order valence-corrected chi connectivity index (χ0v) is 11.7. The summed E-state index contributed by atoms with van der Waals surface area (Å²) in [5.41, 5.74) is 3.22. The van der Waals surface area contributed by atoms with Crippen LogP contribution in [0.2, 0.25) is 0 Å². The molecule has 5 nitrogen and oxygen atoms in total. The lowest BCUT2D eigenvalue weighted by atomic mass is 10.1. The van der Waals surface area contributed by atoms with E-state index in [1.807, 2.05) is 6.07 Å². The summed E-state index contributed by atoms with van der Waals surface area (Å²) in [7, 11) is 0. The molecule has 1 atom stereocenters. The number of rotatable bonds is 2. The SMILES string of the molecule is C[C@@H]1COCCN1C1=C/COCN/C(c2ccoc2)=C\1. The highest BCUT2D eigenvalue weighted by molar-refractivity contribution is 5.65. The smallest absolute Gasteiger partial charge is 0.116 e. The van der Waals surface area contributed by atoms with E-state index in [2.05, 4.69) is 29.3 Å². The topological polar surface area (TPSA) is 46.9 Å². The van der Waals surface area contributed by atoms with Crippen LogP contribution in [0.1, 0.15) is 12.5 Å². The van der Waals surface area contributed by atoms with Crippen LogP contribution in [0.4, 0.5) is 0 Å². The largest absolute Gasteiger partial charge is 0.472 e. The first kappa shape index (κ1) is 13.3. The number of nitrogens with one attached hydrogen (secondary N) is 1. The molecule has 0 aromatic carbocycles. The summed E-state index contributed by atoms with van der Waals surface area (Å²) in [6.07, 6.45) is 7.71. The van der Waals surface area contributed by atoms with Crippen molar-refractivity contribution < 1.29 is 13.9 Å². The van der Waals surface area contributed by atoms with Gasteiger partial charge in [0.05, 0.1) is 32.3 Å². The molecule has 3 rings (SSSR count). The van der Waals surface area contributed by atoms with E-state index < -0.39 is 0 Å². The Kier molecular flexibility index (Phi) is 4.08. The number of allylic oxidation sites excluding steroid dienone is 1. The van der Waals surface area contributed by atoms with E-state index in [1.54, 1.807) is 12.5 Å². The number of furan rings is 1. The van der Waals surface area contributed by atoms with Crippen LogP contribution in [-0.2, 0) is 9.47 Å². The first-order valence-corrected chi connectivity index (χ1v) is 6.95. The second kappa shape index (κ2) is 6.15. The van der Waals surface area contributed by atoms with Crippen LogP contribution in [0.25, 0.3) is 5.70 Å². The van der Waals surface area contributed by atoms with Crippen LogP contribution in [-0.4, -0.2) is 44.0 Å². The molecule has 0 unspecified atom stereocenters. The van der Waals surface area contributed by atoms with Crippen LogP contribution < -0.4 is 5.32 Å². The fourth-order valence-electron chi connectivity index (χ4n) is 2.50. The van der Waals surface area contributed by atoms with Crippen molar-refractivity contribution in [3.8, 4) is 0 Å². The molecule has 1 fully saturated rings. The Labute approximate surface area is 118 Å². The molecule has 0 amide bonds. The van der Waals surface area contributed by atoms with Gasteiger partial charge < -0.3 is 24.1 Å². The van der Waals surface area contributed by atoms with Crippen molar-refractivity contribution in [2.45, 2.75) is 13.0 Å². The van der Waals surface area contributed by atoms with Crippen molar-refractivity contribution in [1.82, 2.24) is 10.2 Å². The predicted molar refractivity (Wildman–Crippen MR) is 75.7 cm³/mol. The first-order chi connectivity index (χ1) is 9.84. The van der Waals surface area contributed by atoms with Crippen molar-refractivity contribution in [2.24, 2.45) is 0 Å². The Morgan fingerprint density at radius 3 is 3.10 bits per heavy atom. The quantitative estimate of drug-likeness (QED) is 0.892. The van der Waals surface area contributed by atoms with Crippen molar-refractivity contribution in [1.29, 1.82) is 0 Å². The Morgan fingerprint density at radius 2 is 2.30 bits per heavy atom. The minimum absolute atomic E-state index is 0.372. The molecule has 0 aliphatic carbocycles. The van der Waals surface area contributed by atoms with E-state index >= 15 is 0 Å². The molecular formula is C15H20N2O3. The molecular weight excluding hydrogens is 256 g/mol. The molecule has 3 heterocycles. The molecule has 5 heteroatoms. The van der Waals surface area contributed by atoms with Gasteiger partial charge in [-0.25, -0.2) is 0 Å². The van der Waals surface area contributed by atoms with Crippen molar-refractivity contribution in [2.75, 3.05) is 33.1 Å². The summed E-state index contributed by atoms with van der Waals surface area (Å²) in [6, 6.07) is 2.32. The van der Waals surface area contributed by atoms with Crippen molar-refractivity contribution >= 4 is 5.70 Å². The summed E-state index contributed by atoms with van der Waals surface area (Å²) < 4.78 is 16.2. The number of hydrogen-bond donors (Lipinski definition) is 1. The van der Waals surface area contributed by atoms with Gasteiger partial charge >= 0.3 is 0 Å². The second-order valence-electron chi connectivity index (χ2n) is 5.01. The summed E-state index contributed by atoms with van der Waals surface area (Å²) in [5.74, 6) is 0. The predicted octanol–water partition coefficient (Wildman–Crippen LogP) is 1.80. The van der Waals surface area contributed by atoms with Crippen LogP contribution in [0.5, 0.6) is 0 Å². The molecule has 2 aliphatic heterocycles. The maximum absolute atomic E-state index is 5.54. The van der Waals surface area contributed by atoms with Gasteiger partial charge in [-0.1, -0.05) is 0 Å². The van der Waals surface area contributed by atoms with E-state index in [0.29, 0.717) is 19.4 Å². The summed E-state index contributed by atoms with van der Waals surface area (Å²) in [6.45, 7) is 5.73. The van der Waals surface area contributed by atoms with E-state index in [0.717, 1.165) is 31.0 Å². The van der Waals surface area contributed by atoms with Gasteiger partial charge in [-0.2, -0.15) is 0 Å². The van der Waals surface area contributed by atoms with Crippen LogP contribution in [0, 0.1) is 0 Å². The Bertz CT molecular complexity index is 493. The molecule has 0 radical (unpaired) electrons. The van der Waals surface area contributed by atoms with Crippen LogP contribution >= 0.6 is 0 Å². The third kappa shape index (κ3) is 2.89. The number of nitrogens with zero attached hydrogens (tertiary/aromatic N) is 1. The van der Waals surface area contributed by atoms with E-state index in [4.69, 9.17) is 13.9 Å². The van der Waals surface area contributed by atoms with Gasteiger partial charge in [-0.05, 0) is 25.1 Å². The molecule has 1 saturated heterocycles. The highest BCUT2D eigenvalue weighted by atomic mass is 16.5. The molecule has 2 aliphatic rings. The van der Waals surface area contributed by atoms with Crippen LogP contribution in [0.3, 0.4) is 0 Å². The maximum Gasteiger partial charge on any atom is 0.116 e. The second-order valence-corrected chi connectivity index (χ2v) is 5.01. The molecule has 1 N–H and O–H groups in total. The lowest BCUT2D eigenvalue weighted by Crippen LogP contribution is -2.43. The van der Waals surface area contributed by atoms with Gasteiger partial charge in [-0.3, -0.25) is 0 Å². The molecule has 0 spiro atoms. The first-order valence-electron chi connectivity index (χ1n) is 6.95. The molecule has 0 saturated carbocycles. The zero-order chi connectivity index (χ0) is 13.8. The van der Waals surface area contributed by atoms with Gasteiger partial charge in [0.15, 0.2) is 0 Å². The third-order valence-electron chi connectivity index (χ3n) is 3.60. The van der Waals surface area contributed by atoms with Crippen molar-refractivity contribution in [3.63, 3.8) is 0 Å². The zero-order valence-electron chi connectivity index (χ0n) is 11.7. The molecule has 108 valence electrons. The molecule has 0 bridgehead atoms. The van der Waals surface area contributed by atoms with E-state index in [9.17, 15) is 0 Å². The average Bonchev–Trinajstić information content (AvgIpc) is 2.94. The standard InChI is InChI=1S/C15H20N2O3/c1-12-9-19-7-4-17(12)14-3-6-20-11-16-15(8-14)13-2-5-18-10-13/h2-3,5,8,10,12,16H,4,6-7,9,11H2,1H3/b14-3+,15-8-/t12-/m1/s1. The normalized spacial score (nSPS) is 29.4. The Balaban J connectivity index is 1.88. The molecule has 1 aromatic heterocycles. The summed E-state index contributed by atoms with van der Waals surface area (Å²) >= 11 is 0. The Morgan fingerprint density at radius 1 is 1.35 bits per heavy atom. The fraction of sp³-hybridized carbons (Fsp3) is 0.467. The van der Waals surface area contributed by atoms with E-state index in [-0.39, 0.29) is 0 Å².